The van der Waals surface area contributed by atoms with Gasteiger partial charge in [0.2, 0.25) is 0 Å². The Morgan fingerprint density at radius 3 is 3.00 bits per heavy atom. The van der Waals surface area contributed by atoms with Crippen LogP contribution in [0.1, 0.15) is 0 Å². The largest absolute Gasteiger partial charge is 0.478 e. The number of fused-ring (bicyclic) bond motifs is 1. The van der Waals surface area contributed by atoms with Gasteiger partial charge < -0.3 is 10.0 Å². The Labute approximate surface area is 90.2 Å². The summed E-state index contributed by atoms with van der Waals surface area (Å²) in [6, 6.07) is 4.41. The molecule has 15 heavy (non-hydrogen) atoms. The molecule has 1 aromatic rings. The van der Waals surface area contributed by atoms with Gasteiger partial charge in [0.15, 0.2) is 0 Å². The summed E-state index contributed by atoms with van der Waals surface area (Å²) in [6.07, 6.45) is 1.11. The molecule has 0 saturated heterocycles. The first-order valence-corrected chi connectivity index (χ1v) is 5.05. The molecule has 1 aliphatic heterocycles. The van der Waals surface area contributed by atoms with Crippen molar-refractivity contribution in [2.75, 3.05) is 11.9 Å². The molecule has 0 atom stereocenters. The van der Waals surface area contributed by atoms with E-state index in [1.165, 1.54) is 23.9 Å². The Hall–Kier alpha value is -1.49. The number of nitrogens with zero attached hydrogens (tertiary/aromatic N) is 1. The minimum Gasteiger partial charge on any atom is -0.478 e. The summed E-state index contributed by atoms with van der Waals surface area (Å²) in [6.45, 7) is 0. The Bertz CT molecular complexity index is 459. The highest BCUT2D eigenvalue weighted by atomic mass is 32.2. The molecule has 78 valence electrons. The number of hydrogen-bond donors (Lipinski definition) is 1. The molecule has 3 nitrogen and oxygen atoms in total. The first-order valence-electron chi connectivity index (χ1n) is 4.23. The highest BCUT2D eigenvalue weighted by Crippen LogP contribution is 2.44. The third-order valence-corrected chi connectivity index (χ3v) is 3.24. The molecule has 0 fully saturated rings. The van der Waals surface area contributed by atoms with E-state index in [9.17, 15) is 9.18 Å². The molecule has 0 saturated carbocycles. The van der Waals surface area contributed by atoms with Gasteiger partial charge >= 0.3 is 5.97 Å². The van der Waals surface area contributed by atoms with E-state index >= 15 is 0 Å². The van der Waals surface area contributed by atoms with Crippen molar-refractivity contribution in [2.24, 2.45) is 0 Å². The average molecular weight is 225 g/mol. The number of hydrogen-bond acceptors (Lipinski definition) is 3. The normalized spacial score (nSPS) is 16.9. The Balaban J connectivity index is 2.41. The average Bonchev–Trinajstić information content (AvgIpc) is 2.44. The fraction of sp³-hybridized carbons (Fsp3) is 0.100. The quantitative estimate of drug-likeness (QED) is 0.744. The second-order valence-corrected chi connectivity index (χ2v) is 4.16. The van der Waals surface area contributed by atoms with Crippen molar-refractivity contribution in [1.29, 1.82) is 0 Å². The summed E-state index contributed by atoms with van der Waals surface area (Å²) >= 11 is 1.32. The van der Waals surface area contributed by atoms with Gasteiger partial charge in [0, 0.05) is 11.9 Å². The topological polar surface area (TPSA) is 40.5 Å². The lowest BCUT2D eigenvalue weighted by Crippen LogP contribution is -2.11. The zero-order valence-electron chi connectivity index (χ0n) is 7.90. The molecule has 1 aliphatic rings. The van der Waals surface area contributed by atoms with Crippen LogP contribution in [0.15, 0.2) is 34.2 Å². The van der Waals surface area contributed by atoms with Crippen LogP contribution >= 0.6 is 11.8 Å². The van der Waals surface area contributed by atoms with Crippen molar-refractivity contribution in [3.8, 4) is 0 Å². The van der Waals surface area contributed by atoms with E-state index in [1.807, 2.05) is 0 Å². The van der Waals surface area contributed by atoms with Gasteiger partial charge in [-0.3, -0.25) is 0 Å². The molecule has 0 aromatic heterocycles. The van der Waals surface area contributed by atoms with Crippen molar-refractivity contribution in [3.05, 3.63) is 35.1 Å². The molecule has 1 N–H and O–H groups in total. The van der Waals surface area contributed by atoms with Crippen LogP contribution in [0.25, 0.3) is 0 Å². The maximum atomic E-state index is 13.0. The van der Waals surface area contributed by atoms with Gasteiger partial charge in [-0.15, -0.1) is 0 Å². The van der Waals surface area contributed by atoms with Crippen LogP contribution in [0.4, 0.5) is 10.1 Å². The number of halogens is 1. The molecule has 0 bridgehead atoms. The highest BCUT2D eigenvalue weighted by Gasteiger charge is 2.22. The van der Waals surface area contributed by atoms with Crippen molar-refractivity contribution in [3.63, 3.8) is 0 Å². The van der Waals surface area contributed by atoms with Gasteiger partial charge in [-0.05, 0) is 18.2 Å². The number of thioether (sulfide) groups is 1. The molecule has 0 spiro atoms. The van der Waals surface area contributed by atoms with Crippen LogP contribution in [0.5, 0.6) is 0 Å². The highest BCUT2D eigenvalue weighted by molar-refractivity contribution is 8.03. The Kier molecular flexibility index (Phi) is 2.40. The van der Waals surface area contributed by atoms with E-state index in [4.69, 9.17) is 5.11 Å². The summed E-state index contributed by atoms with van der Waals surface area (Å²) in [5.41, 5.74) is 0.701. The zero-order valence-corrected chi connectivity index (χ0v) is 8.71. The van der Waals surface area contributed by atoms with E-state index in [1.54, 1.807) is 18.0 Å². The number of anilines is 1. The molecule has 2 rings (SSSR count). The van der Waals surface area contributed by atoms with Crippen LogP contribution in [0.2, 0.25) is 0 Å². The van der Waals surface area contributed by atoms with Gasteiger partial charge in [0.05, 0.1) is 16.8 Å². The standard InChI is InChI=1S/C10H8FNO2S/c1-12-7-4-6(11)2-3-8(7)15-9(12)5-10(13)14/h2-5H,1H3,(H,13,14)/b9-5-. The SMILES string of the molecule is CN1/C(=C/C(=O)O)Sc2ccc(F)cc21. The maximum Gasteiger partial charge on any atom is 0.330 e. The van der Waals surface area contributed by atoms with Gasteiger partial charge in [0.25, 0.3) is 0 Å². The summed E-state index contributed by atoms with van der Waals surface area (Å²) in [5.74, 6) is -1.32. The Morgan fingerprint density at radius 2 is 2.33 bits per heavy atom. The second-order valence-electron chi connectivity index (χ2n) is 3.09. The number of carboxylic acids is 1. The predicted octanol–water partition coefficient (Wildman–Crippen LogP) is 2.29. The summed E-state index contributed by atoms with van der Waals surface area (Å²) in [5, 5.41) is 9.22. The fourth-order valence-corrected chi connectivity index (χ4v) is 2.43. The molecule has 0 amide bonds. The van der Waals surface area contributed by atoms with Gasteiger partial charge in [-0.2, -0.15) is 0 Å². The van der Waals surface area contributed by atoms with Gasteiger partial charge in [-0.25, -0.2) is 9.18 Å². The number of benzene rings is 1. The van der Waals surface area contributed by atoms with Crippen molar-refractivity contribution >= 4 is 23.4 Å². The smallest absolute Gasteiger partial charge is 0.330 e. The lowest BCUT2D eigenvalue weighted by Gasteiger charge is -2.12. The molecule has 0 unspecified atom stereocenters. The summed E-state index contributed by atoms with van der Waals surface area (Å²) in [4.78, 5) is 13.1. The summed E-state index contributed by atoms with van der Waals surface area (Å²) < 4.78 is 13.0. The predicted molar refractivity (Wildman–Crippen MR) is 56.4 cm³/mol. The van der Waals surface area contributed by atoms with Crippen LogP contribution in [0, 0.1) is 5.82 Å². The first kappa shape index (κ1) is 10.0. The maximum absolute atomic E-state index is 13.0. The van der Waals surface area contributed by atoms with E-state index < -0.39 is 5.97 Å². The number of carbonyl (C=O) groups is 1. The minimum atomic E-state index is -1.00. The van der Waals surface area contributed by atoms with E-state index in [-0.39, 0.29) is 5.82 Å². The lowest BCUT2D eigenvalue weighted by molar-refractivity contribution is -0.131. The van der Waals surface area contributed by atoms with Crippen LogP contribution < -0.4 is 4.90 Å². The summed E-state index contributed by atoms with van der Waals surface area (Å²) in [7, 11) is 1.72. The number of rotatable bonds is 1. The van der Waals surface area contributed by atoms with E-state index in [0.29, 0.717) is 10.7 Å². The van der Waals surface area contributed by atoms with Crippen LogP contribution in [-0.4, -0.2) is 18.1 Å². The molecule has 1 heterocycles. The van der Waals surface area contributed by atoms with Crippen LogP contribution in [0.3, 0.4) is 0 Å². The molecule has 0 radical (unpaired) electrons. The molecule has 0 aliphatic carbocycles. The fourth-order valence-electron chi connectivity index (χ4n) is 1.37. The zero-order chi connectivity index (χ0) is 11.0. The molecule has 5 heteroatoms. The number of aliphatic carboxylic acids is 1. The number of carboxylic acid groups (broad SMARTS) is 1. The molecular formula is C10H8FNO2S. The van der Waals surface area contributed by atoms with Crippen molar-refractivity contribution in [1.82, 2.24) is 0 Å². The third kappa shape index (κ3) is 1.83. The minimum absolute atomic E-state index is 0.322. The van der Waals surface area contributed by atoms with E-state index in [2.05, 4.69) is 0 Å². The lowest BCUT2D eigenvalue weighted by atomic mass is 10.3. The molecular weight excluding hydrogens is 217 g/mol. The van der Waals surface area contributed by atoms with Crippen LogP contribution in [-0.2, 0) is 4.79 Å². The third-order valence-electron chi connectivity index (χ3n) is 2.07. The van der Waals surface area contributed by atoms with Gasteiger partial charge in [0.1, 0.15) is 5.82 Å². The van der Waals surface area contributed by atoms with Crippen molar-refractivity contribution < 1.29 is 14.3 Å². The monoisotopic (exact) mass is 225 g/mol. The second kappa shape index (κ2) is 3.58. The Morgan fingerprint density at radius 1 is 1.60 bits per heavy atom. The van der Waals surface area contributed by atoms with E-state index in [0.717, 1.165) is 11.0 Å². The first-order chi connectivity index (χ1) is 7.08. The van der Waals surface area contributed by atoms with Gasteiger partial charge in [-0.1, -0.05) is 11.8 Å². The van der Waals surface area contributed by atoms with Crippen molar-refractivity contribution in [2.45, 2.75) is 4.90 Å². The molecule has 1 aromatic carbocycles.